The molecule has 2 N–H and O–H groups in total. The lowest BCUT2D eigenvalue weighted by Crippen LogP contribution is -2.12. The van der Waals surface area contributed by atoms with Crippen molar-refractivity contribution in [1.82, 2.24) is 14.8 Å². The molecular formula is C12H16N4. The van der Waals surface area contributed by atoms with E-state index >= 15 is 0 Å². The van der Waals surface area contributed by atoms with E-state index in [0.29, 0.717) is 0 Å². The summed E-state index contributed by atoms with van der Waals surface area (Å²) in [7, 11) is 1.90. The first-order valence-electron chi connectivity index (χ1n) is 5.40. The monoisotopic (exact) mass is 216 g/mol. The van der Waals surface area contributed by atoms with Crippen LogP contribution in [-0.2, 0) is 13.5 Å². The number of nitrogens with two attached hydrogens (primary N) is 1. The number of aryl methyl sites for hydroxylation is 2. The Morgan fingerprint density at radius 3 is 2.69 bits per heavy atom. The summed E-state index contributed by atoms with van der Waals surface area (Å²) in [6.07, 6.45) is 7.40. The van der Waals surface area contributed by atoms with Crippen molar-refractivity contribution in [2.45, 2.75) is 18.9 Å². The number of hydrogen-bond acceptors (Lipinski definition) is 3. The number of hydrogen-bond donors (Lipinski definition) is 1. The van der Waals surface area contributed by atoms with E-state index in [-0.39, 0.29) is 6.04 Å². The van der Waals surface area contributed by atoms with Crippen LogP contribution in [0.3, 0.4) is 0 Å². The van der Waals surface area contributed by atoms with E-state index < -0.39 is 0 Å². The van der Waals surface area contributed by atoms with Gasteiger partial charge in [-0.3, -0.25) is 9.67 Å². The molecule has 0 saturated heterocycles. The predicted octanol–water partition coefficient (Wildman–Crippen LogP) is 1.45. The first kappa shape index (κ1) is 10.8. The smallest absolute Gasteiger partial charge is 0.0791 e. The van der Waals surface area contributed by atoms with Crippen molar-refractivity contribution in [3.63, 3.8) is 0 Å². The minimum absolute atomic E-state index is 0.00867. The number of rotatable bonds is 4. The minimum Gasteiger partial charge on any atom is -0.323 e. The molecule has 1 atom stereocenters. The molecule has 0 aliphatic heterocycles. The van der Waals surface area contributed by atoms with Crippen molar-refractivity contribution in [2.75, 3.05) is 0 Å². The first-order valence-corrected chi connectivity index (χ1v) is 5.40. The van der Waals surface area contributed by atoms with E-state index in [1.165, 1.54) is 5.56 Å². The third-order valence-corrected chi connectivity index (χ3v) is 2.61. The van der Waals surface area contributed by atoms with Gasteiger partial charge in [-0.2, -0.15) is 5.10 Å². The van der Waals surface area contributed by atoms with Crippen molar-refractivity contribution in [3.8, 4) is 0 Å². The fourth-order valence-corrected chi connectivity index (χ4v) is 1.65. The van der Waals surface area contributed by atoms with Gasteiger partial charge in [-0.15, -0.1) is 0 Å². The van der Waals surface area contributed by atoms with E-state index in [1.807, 2.05) is 43.8 Å². The number of nitrogens with zero attached hydrogens (tertiary/aromatic N) is 3. The summed E-state index contributed by atoms with van der Waals surface area (Å²) >= 11 is 0. The second-order valence-corrected chi connectivity index (χ2v) is 3.91. The molecule has 0 saturated carbocycles. The van der Waals surface area contributed by atoms with Gasteiger partial charge in [-0.25, -0.2) is 0 Å². The lowest BCUT2D eigenvalue weighted by Gasteiger charge is -2.08. The van der Waals surface area contributed by atoms with Crippen LogP contribution in [0, 0.1) is 0 Å². The van der Waals surface area contributed by atoms with Gasteiger partial charge in [0.05, 0.1) is 5.69 Å². The average Bonchev–Trinajstić information content (AvgIpc) is 2.74. The highest BCUT2D eigenvalue weighted by molar-refractivity contribution is 5.11. The normalized spacial score (nSPS) is 12.6. The van der Waals surface area contributed by atoms with Crippen LogP contribution in [0.25, 0.3) is 0 Å². The van der Waals surface area contributed by atoms with Gasteiger partial charge in [0.25, 0.3) is 0 Å². The lowest BCUT2D eigenvalue weighted by molar-refractivity contribution is 0.613. The Bertz CT molecular complexity index is 435. The van der Waals surface area contributed by atoms with Gasteiger partial charge >= 0.3 is 0 Å². The molecule has 2 rings (SSSR count). The van der Waals surface area contributed by atoms with Crippen LogP contribution in [0.1, 0.15) is 23.7 Å². The van der Waals surface area contributed by atoms with Gasteiger partial charge in [0.15, 0.2) is 0 Å². The van der Waals surface area contributed by atoms with Crippen molar-refractivity contribution in [1.29, 1.82) is 0 Å². The van der Waals surface area contributed by atoms with Crippen LogP contribution in [0.2, 0.25) is 0 Å². The molecule has 0 amide bonds. The Morgan fingerprint density at radius 1 is 1.31 bits per heavy atom. The summed E-state index contributed by atoms with van der Waals surface area (Å²) in [5.41, 5.74) is 8.29. The molecule has 2 heterocycles. The van der Waals surface area contributed by atoms with E-state index in [4.69, 9.17) is 5.73 Å². The highest BCUT2D eigenvalue weighted by Gasteiger charge is 2.08. The summed E-state index contributed by atoms with van der Waals surface area (Å²) in [5, 5.41) is 4.30. The minimum atomic E-state index is 0.00867. The van der Waals surface area contributed by atoms with Crippen LogP contribution in [-0.4, -0.2) is 14.8 Å². The van der Waals surface area contributed by atoms with Gasteiger partial charge in [-0.05, 0) is 36.6 Å². The third-order valence-electron chi connectivity index (χ3n) is 2.61. The van der Waals surface area contributed by atoms with Crippen LogP contribution >= 0.6 is 0 Å². The van der Waals surface area contributed by atoms with Crippen LogP contribution in [0.4, 0.5) is 0 Å². The quantitative estimate of drug-likeness (QED) is 0.841. The molecule has 0 spiro atoms. The maximum atomic E-state index is 6.06. The second kappa shape index (κ2) is 4.90. The predicted molar refractivity (Wildman–Crippen MR) is 62.7 cm³/mol. The van der Waals surface area contributed by atoms with Crippen LogP contribution in [0.15, 0.2) is 36.8 Å². The van der Waals surface area contributed by atoms with Gasteiger partial charge in [0.2, 0.25) is 0 Å². The molecule has 0 bridgehead atoms. The Kier molecular flexibility index (Phi) is 3.31. The first-order chi connectivity index (χ1) is 7.75. The summed E-state index contributed by atoms with van der Waals surface area (Å²) in [6.45, 7) is 0. The molecule has 0 aromatic carbocycles. The molecular weight excluding hydrogens is 200 g/mol. The molecule has 4 nitrogen and oxygen atoms in total. The number of aromatic nitrogens is 3. The van der Waals surface area contributed by atoms with E-state index in [0.717, 1.165) is 18.5 Å². The number of pyridine rings is 1. The molecule has 0 aliphatic rings. The Hall–Kier alpha value is -1.68. The molecule has 0 aliphatic carbocycles. The zero-order valence-corrected chi connectivity index (χ0v) is 9.37. The molecule has 2 aromatic heterocycles. The third kappa shape index (κ3) is 2.67. The fraction of sp³-hybridized carbons (Fsp3) is 0.333. The summed E-state index contributed by atoms with van der Waals surface area (Å²) in [6, 6.07) is 6.02. The van der Waals surface area contributed by atoms with Gasteiger partial charge in [0.1, 0.15) is 0 Å². The molecule has 0 fully saturated rings. The van der Waals surface area contributed by atoms with Crippen molar-refractivity contribution in [3.05, 3.63) is 48.0 Å². The SMILES string of the molecule is Cn1ccc(C(N)CCc2ccncc2)n1. The molecule has 4 heteroatoms. The molecule has 1 unspecified atom stereocenters. The summed E-state index contributed by atoms with van der Waals surface area (Å²) in [5.74, 6) is 0. The Labute approximate surface area is 95.1 Å². The largest absolute Gasteiger partial charge is 0.323 e. The van der Waals surface area contributed by atoms with E-state index in [1.54, 1.807) is 4.68 Å². The molecule has 2 aromatic rings. The highest BCUT2D eigenvalue weighted by Crippen LogP contribution is 2.14. The molecule has 0 radical (unpaired) electrons. The Balaban J connectivity index is 1.91. The maximum absolute atomic E-state index is 6.06. The fourth-order valence-electron chi connectivity index (χ4n) is 1.65. The summed E-state index contributed by atoms with van der Waals surface area (Å²) in [4.78, 5) is 3.99. The average molecular weight is 216 g/mol. The highest BCUT2D eigenvalue weighted by atomic mass is 15.3. The zero-order chi connectivity index (χ0) is 11.4. The van der Waals surface area contributed by atoms with Crippen LogP contribution in [0.5, 0.6) is 0 Å². The molecule has 84 valence electrons. The van der Waals surface area contributed by atoms with Gasteiger partial charge in [0, 0.05) is 31.7 Å². The topological polar surface area (TPSA) is 56.7 Å². The Morgan fingerprint density at radius 2 is 2.06 bits per heavy atom. The van der Waals surface area contributed by atoms with Gasteiger partial charge < -0.3 is 5.73 Å². The lowest BCUT2D eigenvalue weighted by atomic mass is 10.1. The van der Waals surface area contributed by atoms with E-state index in [2.05, 4.69) is 10.1 Å². The standard InChI is InChI=1S/C12H16N4/c1-16-9-6-12(15-16)11(13)3-2-10-4-7-14-8-5-10/h4-9,11H,2-3,13H2,1H3. The van der Waals surface area contributed by atoms with Crippen molar-refractivity contribution >= 4 is 0 Å². The maximum Gasteiger partial charge on any atom is 0.0791 e. The summed E-state index contributed by atoms with van der Waals surface area (Å²) < 4.78 is 1.78. The van der Waals surface area contributed by atoms with Crippen molar-refractivity contribution < 1.29 is 0 Å². The molecule has 16 heavy (non-hydrogen) atoms. The van der Waals surface area contributed by atoms with Crippen LogP contribution < -0.4 is 5.73 Å². The zero-order valence-electron chi connectivity index (χ0n) is 9.37. The van der Waals surface area contributed by atoms with Crippen molar-refractivity contribution in [2.24, 2.45) is 12.8 Å². The van der Waals surface area contributed by atoms with Gasteiger partial charge in [-0.1, -0.05) is 0 Å². The second-order valence-electron chi connectivity index (χ2n) is 3.91. The van der Waals surface area contributed by atoms with E-state index in [9.17, 15) is 0 Å².